The fourth-order valence-electron chi connectivity index (χ4n) is 3.66. The van der Waals surface area contributed by atoms with Crippen LogP contribution in [-0.2, 0) is 4.79 Å². The summed E-state index contributed by atoms with van der Waals surface area (Å²) in [4.78, 5) is 11.9. The van der Waals surface area contributed by atoms with E-state index in [-0.39, 0.29) is 0 Å². The first-order valence-electron chi connectivity index (χ1n) is 8.27. The van der Waals surface area contributed by atoms with Crippen LogP contribution in [-0.4, -0.2) is 5.78 Å². The van der Waals surface area contributed by atoms with Crippen molar-refractivity contribution in [2.24, 2.45) is 17.8 Å². The predicted octanol–water partition coefficient (Wildman–Crippen LogP) is 5.13. The summed E-state index contributed by atoms with van der Waals surface area (Å²) in [5.74, 6) is 3.15. The van der Waals surface area contributed by atoms with E-state index in [1.807, 2.05) is 0 Å². The number of hydrogen-bond acceptors (Lipinski definition) is 1. The van der Waals surface area contributed by atoms with Crippen molar-refractivity contribution >= 4 is 5.78 Å². The highest BCUT2D eigenvalue weighted by Crippen LogP contribution is 2.46. The van der Waals surface area contributed by atoms with Gasteiger partial charge in [0.1, 0.15) is 5.78 Å². The SMILES string of the molecule is CC1CC(=O)CCCCCCCCCC2CC2C1. The Labute approximate surface area is 113 Å². The second kappa shape index (κ2) is 7.31. The molecular weight excluding hydrogens is 220 g/mol. The number of hydrogen-bond donors (Lipinski definition) is 0. The van der Waals surface area contributed by atoms with E-state index in [2.05, 4.69) is 6.92 Å². The minimum Gasteiger partial charge on any atom is -0.300 e. The number of ketones is 1. The van der Waals surface area contributed by atoms with Crippen LogP contribution in [0.1, 0.15) is 84.0 Å². The topological polar surface area (TPSA) is 17.1 Å². The quantitative estimate of drug-likeness (QED) is 0.582. The highest BCUT2D eigenvalue weighted by Gasteiger charge is 2.36. The molecule has 2 fully saturated rings. The second-order valence-corrected chi connectivity index (χ2v) is 6.85. The summed E-state index contributed by atoms with van der Waals surface area (Å²) in [5, 5.41) is 0. The Hall–Kier alpha value is -0.330. The lowest BCUT2D eigenvalue weighted by Crippen LogP contribution is -2.06. The number of Topliss-reactive ketones (excluding diaryl/α,β-unsaturated/α-hetero) is 1. The maximum Gasteiger partial charge on any atom is 0.133 e. The maximum atomic E-state index is 11.9. The van der Waals surface area contributed by atoms with E-state index >= 15 is 0 Å². The van der Waals surface area contributed by atoms with Crippen molar-refractivity contribution in [3.8, 4) is 0 Å². The number of fused-ring (bicyclic) bond motifs is 1. The summed E-state index contributed by atoms with van der Waals surface area (Å²) >= 11 is 0. The van der Waals surface area contributed by atoms with Crippen molar-refractivity contribution < 1.29 is 4.79 Å². The molecule has 1 heteroatoms. The van der Waals surface area contributed by atoms with Crippen LogP contribution in [0.25, 0.3) is 0 Å². The Morgan fingerprint density at radius 2 is 1.50 bits per heavy atom. The molecule has 3 unspecified atom stereocenters. The van der Waals surface area contributed by atoms with Crippen molar-refractivity contribution in [3.63, 3.8) is 0 Å². The maximum absolute atomic E-state index is 11.9. The summed E-state index contributed by atoms with van der Waals surface area (Å²) < 4.78 is 0. The minimum absolute atomic E-state index is 0.523. The first-order chi connectivity index (χ1) is 8.75. The van der Waals surface area contributed by atoms with Crippen molar-refractivity contribution in [1.82, 2.24) is 0 Å². The first kappa shape index (κ1) is 14.1. The molecule has 0 aromatic carbocycles. The molecule has 0 heterocycles. The van der Waals surface area contributed by atoms with E-state index < -0.39 is 0 Å². The lowest BCUT2D eigenvalue weighted by atomic mass is 9.95. The highest BCUT2D eigenvalue weighted by atomic mass is 16.1. The largest absolute Gasteiger partial charge is 0.300 e. The molecular formula is C17H30O. The average Bonchev–Trinajstić information content (AvgIpc) is 3.03. The van der Waals surface area contributed by atoms with Gasteiger partial charge in [-0.15, -0.1) is 0 Å². The summed E-state index contributed by atoms with van der Waals surface area (Å²) in [5.41, 5.74) is 0. The zero-order chi connectivity index (χ0) is 12.8. The molecule has 0 radical (unpaired) electrons. The van der Waals surface area contributed by atoms with Gasteiger partial charge in [-0.25, -0.2) is 0 Å². The molecule has 0 aliphatic heterocycles. The third-order valence-electron chi connectivity index (χ3n) is 4.88. The molecule has 3 atom stereocenters. The van der Waals surface area contributed by atoms with Crippen LogP contribution < -0.4 is 0 Å². The molecule has 2 saturated carbocycles. The Bertz CT molecular complexity index is 258. The minimum atomic E-state index is 0.523. The summed E-state index contributed by atoms with van der Waals surface area (Å²) in [6, 6.07) is 0. The molecule has 104 valence electrons. The van der Waals surface area contributed by atoms with Crippen LogP contribution >= 0.6 is 0 Å². The Balaban J connectivity index is 1.74. The number of carbonyl (C=O) groups excluding carboxylic acids is 1. The van der Waals surface area contributed by atoms with E-state index in [1.54, 1.807) is 0 Å². The van der Waals surface area contributed by atoms with Gasteiger partial charge in [-0.3, -0.25) is 4.79 Å². The molecule has 1 nitrogen and oxygen atoms in total. The molecule has 0 aromatic rings. The van der Waals surface area contributed by atoms with Gasteiger partial charge < -0.3 is 0 Å². The summed E-state index contributed by atoms with van der Waals surface area (Å²) in [6.07, 6.45) is 15.4. The number of rotatable bonds is 0. The molecule has 0 amide bonds. The van der Waals surface area contributed by atoms with Crippen LogP contribution in [0, 0.1) is 17.8 Å². The molecule has 0 aromatic heterocycles. The third kappa shape index (κ3) is 5.12. The van der Waals surface area contributed by atoms with Gasteiger partial charge in [0, 0.05) is 12.8 Å². The van der Waals surface area contributed by atoms with Crippen molar-refractivity contribution in [2.45, 2.75) is 84.0 Å². The standard InChI is InChI=1S/C17H30O/c1-14-11-16-13-15(16)9-7-5-3-2-4-6-8-10-17(18)12-14/h14-16H,2-13H2,1H3. The third-order valence-corrected chi connectivity index (χ3v) is 4.88. The van der Waals surface area contributed by atoms with Gasteiger partial charge in [-0.05, 0) is 37.0 Å². The van der Waals surface area contributed by atoms with E-state index in [0.29, 0.717) is 11.7 Å². The average molecular weight is 250 g/mol. The fraction of sp³-hybridized carbons (Fsp3) is 0.941. The lowest BCUT2D eigenvalue weighted by Gasteiger charge is -2.10. The van der Waals surface area contributed by atoms with Gasteiger partial charge in [-0.2, -0.15) is 0 Å². The van der Waals surface area contributed by atoms with Gasteiger partial charge in [0.2, 0.25) is 0 Å². The van der Waals surface area contributed by atoms with Crippen molar-refractivity contribution in [2.75, 3.05) is 0 Å². The Kier molecular flexibility index (Phi) is 5.72. The smallest absolute Gasteiger partial charge is 0.133 e. The Morgan fingerprint density at radius 3 is 2.28 bits per heavy atom. The van der Waals surface area contributed by atoms with Crippen molar-refractivity contribution in [3.05, 3.63) is 0 Å². The zero-order valence-corrected chi connectivity index (χ0v) is 12.1. The van der Waals surface area contributed by atoms with E-state index in [0.717, 1.165) is 31.1 Å². The van der Waals surface area contributed by atoms with Crippen LogP contribution in [0.15, 0.2) is 0 Å². The van der Waals surface area contributed by atoms with Crippen molar-refractivity contribution in [1.29, 1.82) is 0 Å². The van der Waals surface area contributed by atoms with Crippen LogP contribution in [0.5, 0.6) is 0 Å². The fourth-order valence-corrected chi connectivity index (χ4v) is 3.66. The van der Waals surface area contributed by atoms with Crippen LogP contribution in [0.3, 0.4) is 0 Å². The van der Waals surface area contributed by atoms with Gasteiger partial charge in [-0.1, -0.05) is 51.9 Å². The molecule has 2 rings (SSSR count). The molecule has 0 N–H and O–H groups in total. The predicted molar refractivity (Wildman–Crippen MR) is 76.6 cm³/mol. The van der Waals surface area contributed by atoms with E-state index in [4.69, 9.17) is 0 Å². The van der Waals surface area contributed by atoms with Gasteiger partial charge in [0.25, 0.3) is 0 Å². The van der Waals surface area contributed by atoms with Gasteiger partial charge >= 0.3 is 0 Å². The molecule has 0 spiro atoms. The van der Waals surface area contributed by atoms with Gasteiger partial charge in [0.15, 0.2) is 0 Å². The van der Waals surface area contributed by atoms with Gasteiger partial charge in [0.05, 0.1) is 0 Å². The molecule has 2 aliphatic carbocycles. The van der Waals surface area contributed by atoms with Crippen LogP contribution in [0.4, 0.5) is 0 Å². The summed E-state index contributed by atoms with van der Waals surface area (Å²) in [7, 11) is 0. The monoisotopic (exact) mass is 250 g/mol. The number of carbonyl (C=O) groups is 1. The normalized spacial score (nSPS) is 36.3. The molecule has 18 heavy (non-hydrogen) atoms. The lowest BCUT2D eigenvalue weighted by molar-refractivity contribution is -0.120. The second-order valence-electron chi connectivity index (χ2n) is 6.85. The zero-order valence-electron chi connectivity index (χ0n) is 12.1. The summed E-state index contributed by atoms with van der Waals surface area (Å²) in [6.45, 7) is 2.28. The molecule has 0 bridgehead atoms. The Morgan fingerprint density at radius 1 is 0.833 bits per heavy atom. The van der Waals surface area contributed by atoms with Crippen LogP contribution in [0.2, 0.25) is 0 Å². The van der Waals surface area contributed by atoms with E-state index in [1.165, 1.54) is 57.8 Å². The highest BCUT2D eigenvalue weighted by molar-refractivity contribution is 5.78. The van der Waals surface area contributed by atoms with E-state index in [9.17, 15) is 4.79 Å². The molecule has 2 aliphatic rings. The molecule has 0 saturated heterocycles. The first-order valence-corrected chi connectivity index (χ1v) is 8.27.